The average molecular weight is 224 g/mol. The fraction of sp³-hybridized carbons (Fsp3) is 0.462. The summed E-state index contributed by atoms with van der Waals surface area (Å²) in [6.45, 7) is 0.674. The Hall–Kier alpha value is -1.35. The van der Waals surface area contributed by atoms with Crippen LogP contribution in [-0.4, -0.2) is 23.7 Å². The highest BCUT2D eigenvalue weighted by Crippen LogP contribution is 2.25. The summed E-state index contributed by atoms with van der Waals surface area (Å²) in [7, 11) is 0. The van der Waals surface area contributed by atoms with Crippen LogP contribution < -0.4 is 5.32 Å². The summed E-state index contributed by atoms with van der Waals surface area (Å²) in [4.78, 5) is 11.6. The molecule has 2 rings (SSSR count). The van der Waals surface area contributed by atoms with Crippen LogP contribution in [0.25, 0.3) is 0 Å². The maximum Gasteiger partial charge on any atom is 0.312 e. The third kappa shape index (κ3) is 2.42. The second kappa shape index (κ2) is 5.12. The molecule has 1 aliphatic rings. The third-order valence-corrected chi connectivity index (χ3v) is 2.85. The molecule has 0 spiro atoms. The fourth-order valence-electron chi connectivity index (χ4n) is 2.08. The fourth-order valence-corrected chi connectivity index (χ4v) is 2.08. The van der Waals surface area contributed by atoms with Gasteiger partial charge in [0.05, 0.1) is 12.8 Å². The van der Waals surface area contributed by atoms with E-state index in [1.807, 2.05) is 0 Å². The van der Waals surface area contributed by atoms with Crippen LogP contribution in [0.5, 0.6) is 0 Å². The molecule has 0 bridgehead atoms. The van der Waals surface area contributed by atoms with Gasteiger partial charge in [-0.05, 0) is 24.9 Å². The van der Waals surface area contributed by atoms with Crippen LogP contribution in [0.3, 0.4) is 0 Å². The Labute approximate surface area is 103 Å². The largest absolute Gasteiger partial charge is 0.481 e. The summed E-state index contributed by atoms with van der Waals surface area (Å²) in [5.74, 6) is -2.31. The van der Waals surface area contributed by atoms with Crippen molar-refractivity contribution in [2.45, 2.75) is 31.2 Å². The Morgan fingerprint density at radius 1 is 1.44 bits per heavy atom. The molecule has 1 aliphatic heterocycles. The highest BCUT2D eigenvalue weighted by Gasteiger charge is 2.30. The number of carbonyl (C=O) groups is 1. The lowest BCUT2D eigenvalue weighted by Crippen LogP contribution is -2.41. The summed E-state index contributed by atoms with van der Waals surface area (Å²) >= 11 is 0. The first-order valence-corrected chi connectivity index (χ1v) is 5.39. The van der Waals surface area contributed by atoms with Crippen LogP contribution in [-0.2, 0) is 4.79 Å². The van der Waals surface area contributed by atoms with Gasteiger partial charge < -0.3 is 10.4 Å². The molecule has 16 heavy (non-hydrogen) atoms. The zero-order valence-electron chi connectivity index (χ0n) is 13.8. The van der Waals surface area contributed by atoms with Crippen molar-refractivity contribution in [3.05, 3.63) is 35.8 Å². The Balaban J connectivity index is 2.58. The van der Waals surface area contributed by atoms with Crippen LogP contribution in [0.15, 0.2) is 30.2 Å². The lowest BCUT2D eigenvalue weighted by atomic mass is 9.86. The average Bonchev–Trinajstić information content (AvgIpc) is 2.48. The van der Waals surface area contributed by atoms with Crippen molar-refractivity contribution in [1.82, 2.24) is 5.32 Å². The highest BCUT2D eigenvalue weighted by molar-refractivity contribution is 5.77. The Kier molecular flexibility index (Phi) is 2.05. The van der Waals surface area contributed by atoms with Gasteiger partial charge in [-0.1, -0.05) is 36.6 Å². The SMILES string of the molecule is [2H]c1c([2H])c([2H])c([C@@H](C(=O)O)[C@H]2CCCCN2)c([2H])c1[2H]. The van der Waals surface area contributed by atoms with Gasteiger partial charge in [0.25, 0.3) is 0 Å². The molecule has 2 N–H and O–H groups in total. The summed E-state index contributed by atoms with van der Waals surface area (Å²) < 4.78 is 38.7. The quantitative estimate of drug-likeness (QED) is 0.825. The van der Waals surface area contributed by atoms with Gasteiger partial charge in [0.2, 0.25) is 0 Å². The lowest BCUT2D eigenvalue weighted by Gasteiger charge is -2.29. The van der Waals surface area contributed by atoms with Crippen LogP contribution in [0.4, 0.5) is 0 Å². The van der Waals surface area contributed by atoms with E-state index in [0.29, 0.717) is 13.0 Å². The van der Waals surface area contributed by atoms with E-state index in [2.05, 4.69) is 5.32 Å². The highest BCUT2D eigenvalue weighted by atomic mass is 16.4. The second-order valence-corrected chi connectivity index (χ2v) is 3.91. The second-order valence-electron chi connectivity index (χ2n) is 3.91. The molecule has 0 radical (unpaired) electrons. The van der Waals surface area contributed by atoms with Crippen molar-refractivity contribution in [3.8, 4) is 0 Å². The number of aliphatic carboxylic acids is 1. The molecule has 1 saturated heterocycles. The number of hydrogen-bond acceptors (Lipinski definition) is 2. The number of nitrogens with one attached hydrogen (secondary N) is 1. The molecule has 1 aromatic carbocycles. The Morgan fingerprint density at radius 2 is 2.19 bits per heavy atom. The Morgan fingerprint density at radius 3 is 2.75 bits per heavy atom. The van der Waals surface area contributed by atoms with Gasteiger partial charge in [0.15, 0.2) is 0 Å². The van der Waals surface area contributed by atoms with Gasteiger partial charge in [-0.15, -0.1) is 0 Å². The van der Waals surface area contributed by atoms with Gasteiger partial charge in [-0.25, -0.2) is 0 Å². The standard InChI is InChI=1S/C13H17NO2/c15-13(16)12(10-6-2-1-3-7-10)11-8-4-5-9-14-11/h1-3,6-7,11-12,14H,4-5,8-9H2,(H,15,16)/t11-,12-/m1/s1/i1D,2D,3D,6D,7D. The maximum atomic E-state index is 11.6. The first kappa shape index (κ1) is 6.40. The smallest absolute Gasteiger partial charge is 0.312 e. The summed E-state index contributed by atoms with van der Waals surface area (Å²) in [6, 6.07) is -2.77. The van der Waals surface area contributed by atoms with E-state index in [1.165, 1.54) is 0 Å². The van der Waals surface area contributed by atoms with E-state index in [4.69, 9.17) is 6.85 Å². The van der Waals surface area contributed by atoms with Gasteiger partial charge in [0.1, 0.15) is 0 Å². The number of hydrogen-bond donors (Lipinski definition) is 2. The molecule has 86 valence electrons. The van der Waals surface area contributed by atoms with E-state index in [0.717, 1.165) is 12.8 Å². The predicted molar refractivity (Wildman–Crippen MR) is 62.5 cm³/mol. The van der Waals surface area contributed by atoms with Gasteiger partial charge in [0, 0.05) is 6.04 Å². The van der Waals surface area contributed by atoms with E-state index in [-0.39, 0.29) is 5.56 Å². The number of piperidine rings is 1. The number of carboxylic acids is 1. The number of benzene rings is 1. The number of carboxylic acid groups (broad SMARTS) is 1. The first-order valence-electron chi connectivity index (χ1n) is 7.89. The minimum Gasteiger partial charge on any atom is -0.481 e. The van der Waals surface area contributed by atoms with E-state index in [1.54, 1.807) is 0 Å². The molecule has 0 amide bonds. The summed E-state index contributed by atoms with van der Waals surface area (Å²) in [6.07, 6.45) is 2.42. The topological polar surface area (TPSA) is 49.3 Å². The van der Waals surface area contributed by atoms with Crippen LogP contribution in [0, 0.1) is 0 Å². The van der Waals surface area contributed by atoms with Crippen molar-refractivity contribution < 1.29 is 16.8 Å². The molecule has 1 aromatic rings. The molecular weight excluding hydrogens is 202 g/mol. The Bertz CT molecular complexity index is 543. The molecule has 2 atom stereocenters. The van der Waals surface area contributed by atoms with Crippen LogP contribution in [0.2, 0.25) is 0 Å². The van der Waals surface area contributed by atoms with Crippen molar-refractivity contribution in [2.75, 3.05) is 6.54 Å². The zero-order chi connectivity index (χ0) is 15.7. The maximum absolute atomic E-state index is 11.6. The minimum absolute atomic E-state index is 0.132. The molecule has 3 heteroatoms. The van der Waals surface area contributed by atoms with Gasteiger partial charge in [-0.3, -0.25) is 4.79 Å². The molecule has 0 aliphatic carbocycles. The lowest BCUT2D eigenvalue weighted by molar-refractivity contribution is -0.139. The predicted octanol–water partition coefficient (Wildman–Crippen LogP) is 2.00. The van der Waals surface area contributed by atoms with Gasteiger partial charge >= 0.3 is 5.97 Å². The summed E-state index contributed by atoms with van der Waals surface area (Å²) in [5, 5.41) is 12.6. The normalized spacial score (nSPS) is 27.0. The first-order chi connectivity index (χ1) is 9.86. The van der Waals surface area contributed by atoms with Gasteiger partial charge in [-0.2, -0.15) is 0 Å². The monoisotopic (exact) mass is 224 g/mol. The molecule has 1 fully saturated rings. The van der Waals surface area contributed by atoms with E-state index < -0.39 is 48.1 Å². The van der Waals surface area contributed by atoms with E-state index in [9.17, 15) is 9.90 Å². The van der Waals surface area contributed by atoms with Crippen LogP contribution >= 0.6 is 0 Å². The molecule has 0 unspecified atom stereocenters. The molecule has 1 heterocycles. The van der Waals surface area contributed by atoms with E-state index >= 15 is 0 Å². The zero-order valence-corrected chi connectivity index (χ0v) is 8.84. The minimum atomic E-state index is -1.17. The van der Waals surface area contributed by atoms with Crippen molar-refractivity contribution >= 4 is 5.97 Å². The molecular formula is C13H17NO2. The van der Waals surface area contributed by atoms with Crippen molar-refractivity contribution in [2.24, 2.45) is 0 Å². The molecule has 0 saturated carbocycles. The number of rotatable bonds is 3. The molecule has 0 aromatic heterocycles. The van der Waals surface area contributed by atoms with Crippen molar-refractivity contribution in [3.63, 3.8) is 0 Å². The van der Waals surface area contributed by atoms with Crippen LogP contribution in [0.1, 0.15) is 37.6 Å². The summed E-state index contributed by atoms with van der Waals surface area (Å²) in [5.41, 5.74) is -0.132. The third-order valence-electron chi connectivity index (χ3n) is 2.85. The van der Waals surface area contributed by atoms with Crippen molar-refractivity contribution in [1.29, 1.82) is 0 Å². The molecule has 3 nitrogen and oxygen atoms in total.